The van der Waals surface area contributed by atoms with E-state index < -0.39 is 0 Å². The Balaban J connectivity index is -0.000000245. The molecule has 0 bridgehead atoms. The van der Waals surface area contributed by atoms with Crippen molar-refractivity contribution in [1.29, 1.82) is 0 Å². The summed E-state index contributed by atoms with van der Waals surface area (Å²) >= 11 is 0. The van der Waals surface area contributed by atoms with Crippen LogP contribution in [-0.2, 0) is 26.2 Å². The second kappa shape index (κ2) is 12.4. The van der Waals surface area contributed by atoms with Gasteiger partial charge in [0.1, 0.15) is 0 Å². The Labute approximate surface area is 152 Å². The molecule has 1 aliphatic rings. The summed E-state index contributed by atoms with van der Waals surface area (Å²) in [5.41, 5.74) is 1.83. The molecule has 0 radical (unpaired) electrons. The molecular weight excluding hydrogens is 385 g/mol. The molecule has 0 aromatic rings. The zero-order chi connectivity index (χ0) is 10.8. The van der Waals surface area contributed by atoms with Crippen molar-refractivity contribution < 1.29 is 26.2 Å². The van der Waals surface area contributed by atoms with Crippen molar-refractivity contribution in [2.75, 3.05) is 19.5 Å². The molecule has 0 heterocycles. The van der Waals surface area contributed by atoms with E-state index in [-0.39, 0.29) is 71.3 Å². The SMILES string of the molecule is CP(C)CC(C1=[C-]CC=C1)C(C)(C)C.Cl.Cl.Cl.[Zr]. The molecule has 108 valence electrons. The van der Waals surface area contributed by atoms with E-state index in [0.717, 1.165) is 6.42 Å². The van der Waals surface area contributed by atoms with E-state index in [1.54, 1.807) is 0 Å². The first-order valence-electron chi connectivity index (χ1n) is 5.33. The average molecular weight is 410 g/mol. The van der Waals surface area contributed by atoms with Gasteiger partial charge in [0.2, 0.25) is 0 Å². The molecule has 0 aromatic heterocycles. The Morgan fingerprint density at radius 2 is 1.72 bits per heavy atom. The van der Waals surface area contributed by atoms with E-state index in [1.807, 2.05) is 0 Å². The third-order valence-corrected chi connectivity index (χ3v) is 3.79. The second-order valence-corrected chi connectivity index (χ2v) is 7.94. The van der Waals surface area contributed by atoms with Crippen LogP contribution in [0.3, 0.4) is 0 Å². The fraction of sp³-hybridized carbons (Fsp3) is 0.692. The van der Waals surface area contributed by atoms with Crippen LogP contribution in [0.4, 0.5) is 0 Å². The van der Waals surface area contributed by atoms with E-state index in [0.29, 0.717) is 11.3 Å². The van der Waals surface area contributed by atoms with Gasteiger partial charge < -0.3 is 0 Å². The Hall–Kier alpha value is 1.66. The van der Waals surface area contributed by atoms with Gasteiger partial charge in [-0.2, -0.15) is 6.08 Å². The summed E-state index contributed by atoms with van der Waals surface area (Å²) in [4.78, 5) is 0. The maximum Gasteiger partial charge on any atom is 0 e. The first kappa shape index (κ1) is 27.9. The predicted molar refractivity (Wildman–Crippen MR) is 88.8 cm³/mol. The monoisotopic (exact) mass is 407 g/mol. The molecule has 0 fully saturated rings. The summed E-state index contributed by atoms with van der Waals surface area (Å²) in [5, 5.41) is 0. The summed E-state index contributed by atoms with van der Waals surface area (Å²) in [7, 11) is 0.185. The van der Waals surface area contributed by atoms with Gasteiger partial charge in [-0.25, -0.2) is 11.6 Å². The van der Waals surface area contributed by atoms with Crippen molar-refractivity contribution >= 4 is 45.1 Å². The normalized spacial score (nSPS) is 14.7. The molecule has 0 amide bonds. The van der Waals surface area contributed by atoms with Crippen LogP contribution in [-0.4, -0.2) is 19.5 Å². The van der Waals surface area contributed by atoms with Crippen molar-refractivity contribution in [2.45, 2.75) is 27.2 Å². The molecule has 0 aliphatic heterocycles. The van der Waals surface area contributed by atoms with Gasteiger partial charge in [-0.15, -0.1) is 51.6 Å². The standard InChI is InChI=1S/C13H22P.3ClH.Zr/c1-13(2,3)12(10-14(4)5)11-8-6-7-9-11;;;;/h6,8,12H,7,10H2,1-5H3;3*1H;/q-1;;;;. The predicted octanol–water partition coefficient (Wildman–Crippen LogP) is 5.34. The zero-order valence-electron chi connectivity index (χ0n) is 11.8. The molecule has 18 heavy (non-hydrogen) atoms. The van der Waals surface area contributed by atoms with Crippen LogP contribution >= 0.6 is 45.1 Å². The maximum atomic E-state index is 3.48. The van der Waals surface area contributed by atoms with Gasteiger partial charge in [-0.05, 0) is 30.8 Å². The van der Waals surface area contributed by atoms with E-state index in [4.69, 9.17) is 0 Å². The maximum absolute atomic E-state index is 3.48. The largest absolute Gasteiger partial charge is 0.269 e. The van der Waals surface area contributed by atoms with Crippen LogP contribution in [0.15, 0.2) is 17.7 Å². The molecule has 0 saturated heterocycles. The zero-order valence-corrected chi connectivity index (χ0v) is 17.6. The summed E-state index contributed by atoms with van der Waals surface area (Å²) in [6.45, 7) is 11.8. The van der Waals surface area contributed by atoms with Crippen LogP contribution in [0.25, 0.3) is 0 Å². The van der Waals surface area contributed by atoms with Gasteiger partial charge in [0.05, 0.1) is 0 Å². The third-order valence-electron chi connectivity index (χ3n) is 2.69. The van der Waals surface area contributed by atoms with Crippen molar-refractivity contribution in [1.82, 2.24) is 0 Å². The molecular formula is C13H25Cl3PZr-. The minimum Gasteiger partial charge on any atom is -0.269 e. The van der Waals surface area contributed by atoms with Gasteiger partial charge in [0.25, 0.3) is 0 Å². The molecule has 1 aliphatic carbocycles. The topological polar surface area (TPSA) is 0 Å². The van der Waals surface area contributed by atoms with Crippen LogP contribution in [0, 0.1) is 17.4 Å². The quantitative estimate of drug-likeness (QED) is 0.436. The van der Waals surface area contributed by atoms with Crippen LogP contribution in [0.5, 0.6) is 0 Å². The number of allylic oxidation sites excluding steroid dienone is 4. The summed E-state index contributed by atoms with van der Waals surface area (Å²) < 4.78 is 0. The third kappa shape index (κ3) is 9.55. The molecule has 1 unspecified atom stereocenters. The smallest absolute Gasteiger partial charge is 0 e. The second-order valence-electron chi connectivity index (χ2n) is 5.42. The van der Waals surface area contributed by atoms with Gasteiger partial charge in [0.15, 0.2) is 0 Å². The summed E-state index contributed by atoms with van der Waals surface area (Å²) in [6, 6.07) is 0. The first-order chi connectivity index (χ1) is 6.41. The van der Waals surface area contributed by atoms with E-state index in [2.05, 4.69) is 52.3 Å². The summed E-state index contributed by atoms with van der Waals surface area (Å²) in [5.74, 6) is 0.697. The van der Waals surface area contributed by atoms with Crippen LogP contribution in [0.1, 0.15) is 27.2 Å². The molecule has 5 heteroatoms. The number of halogens is 3. The Bertz CT molecular complexity index is 257. The number of rotatable bonds is 3. The minimum absolute atomic E-state index is 0. The Morgan fingerprint density at radius 1 is 1.22 bits per heavy atom. The molecule has 1 rings (SSSR count). The summed E-state index contributed by atoms with van der Waals surface area (Å²) in [6.07, 6.45) is 10.3. The van der Waals surface area contributed by atoms with Gasteiger partial charge in [-0.3, -0.25) is 6.08 Å². The molecule has 0 spiro atoms. The van der Waals surface area contributed by atoms with Gasteiger partial charge >= 0.3 is 0 Å². The number of hydrogen-bond donors (Lipinski definition) is 0. The molecule has 0 aromatic carbocycles. The van der Waals surface area contributed by atoms with E-state index >= 15 is 0 Å². The van der Waals surface area contributed by atoms with Crippen LogP contribution in [0.2, 0.25) is 0 Å². The average Bonchev–Trinajstić information content (AvgIpc) is 2.49. The van der Waals surface area contributed by atoms with Gasteiger partial charge in [0, 0.05) is 26.2 Å². The molecule has 1 atom stereocenters. The van der Waals surface area contributed by atoms with Gasteiger partial charge in [-0.1, -0.05) is 20.8 Å². The molecule has 0 nitrogen and oxygen atoms in total. The van der Waals surface area contributed by atoms with Crippen molar-refractivity contribution in [2.24, 2.45) is 11.3 Å². The number of hydrogen-bond acceptors (Lipinski definition) is 0. The van der Waals surface area contributed by atoms with Crippen molar-refractivity contribution in [3.05, 3.63) is 23.8 Å². The van der Waals surface area contributed by atoms with Crippen molar-refractivity contribution in [3.8, 4) is 0 Å². The van der Waals surface area contributed by atoms with E-state index in [9.17, 15) is 0 Å². The van der Waals surface area contributed by atoms with E-state index in [1.165, 1.54) is 11.7 Å². The van der Waals surface area contributed by atoms with Crippen LogP contribution < -0.4 is 0 Å². The fourth-order valence-electron chi connectivity index (χ4n) is 1.86. The fourth-order valence-corrected chi connectivity index (χ4v) is 3.34. The molecule has 0 saturated carbocycles. The first-order valence-corrected chi connectivity index (χ1v) is 7.75. The Morgan fingerprint density at radius 3 is 2.00 bits per heavy atom. The molecule has 0 N–H and O–H groups in total. The minimum atomic E-state index is 0. The Kier molecular flexibility index (Phi) is 19.2. The van der Waals surface area contributed by atoms with Crippen molar-refractivity contribution in [3.63, 3.8) is 0 Å².